The minimum atomic E-state index is -0.470. The number of anilines is 1. The zero-order valence-electron chi connectivity index (χ0n) is 18.3. The highest BCUT2D eigenvalue weighted by atomic mass is 32.1. The summed E-state index contributed by atoms with van der Waals surface area (Å²) in [7, 11) is 1.57. The molecule has 0 bridgehead atoms. The summed E-state index contributed by atoms with van der Waals surface area (Å²) >= 11 is 1.25. The zero-order chi connectivity index (χ0) is 24.4. The van der Waals surface area contributed by atoms with Crippen LogP contribution in [0.15, 0.2) is 87.3 Å². The molecule has 0 aliphatic carbocycles. The molecule has 170 valence electrons. The van der Waals surface area contributed by atoms with Gasteiger partial charge in [0.05, 0.1) is 46.1 Å². The summed E-state index contributed by atoms with van der Waals surface area (Å²) in [5.41, 5.74) is 1.78. The second kappa shape index (κ2) is 9.21. The first-order valence-corrected chi connectivity index (χ1v) is 11.2. The van der Waals surface area contributed by atoms with E-state index in [4.69, 9.17) is 14.4 Å². The molecule has 5 aromatic rings. The fraction of sp³-hybridized carbons (Fsp3) is 0.0385. The molecule has 2 aromatic heterocycles. The van der Waals surface area contributed by atoms with Crippen LogP contribution in [0.4, 0.5) is 5.13 Å². The molecule has 0 fully saturated rings. The Morgan fingerprint density at radius 1 is 1.17 bits per heavy atom. The molecule has 0 atom stereocenters. The first-order valence-electron chi connectivity index (χ1n) is 10.4. The van der Waals surface area contributed by atoms with Gasteiger partial charge < -0.3 is 9.15 Å². The van der Waals surface area contributed by atoms with Gasteiger partial charge in [0.2, 0.25) is 10.6 Å². The smallest absolute Gasteiger partial charge is 0.280 e. The molecule has 8 nitrogen and oxygen atoms in total. The Morgan fingerprint density at radius 2 is 1.97 bits per heavy atom. The number of amides is 1. The molecule has 0 N–H and O–H groups in total. The largest absolute Gasteiger partial charge is 0.497 e. The van der Waals surface area contributed by atoms with E-state index in [1.54, 1.807) is 67.8 Å². The number of rotatable bonds is 5. The van der Waals surface area contributed by atoms with Crippen molar-refractivity contribution < 1.29 is 13.9 Å². The van der Waals surface area contributed by atoms with Gasteiger partial charge >= 0.3 is 0 Å². The van der Waals surface area contributed by atoms with Crippen molar-refractivity contribution in [2.45, 2.75) is 0 Å². The molecule has 0 unspecified atom stereocenters. The van der Waals surface area contributed by atoms with E-state index in [2.05, 4.69) is 10.1 Å². The Hall–Kier alpha value is -4.81. The van der Waals surface area contributed by atoms with E-state index < -0.39 is 5.91 Å². The lowest BCUT2D eigenvalue weighted by Gasteiger charge is -2.13. The van der Waals surface area contributed by atoms with Gasteiger partial charge in [-0.3, -0.25) is 9.59 Å². The summed E-state index contributed by atoms with van der Waals surface area (Å²) in [6.07, 6.45) is 2.59. The second-order valence-corrected chi connectivity index (χ2v) is 8.41. The fourth-order valence-corrected chi connectivity index (χ4v) is 4.36. The number of thiazole rings is 1. The first-order chi connectivity index (χ1) is 17.1. The average Bonchev–Trinajstić information content (AvgIpc) is 3.33. The van der Waals surface area contributed by atoms with E-state index in [0.717, 1.165) is 9.71 Å². The van der Waals surface area contributed by atoms with Crippen molar-refractivity contribution >= 4 is 49.8 Å². The maximum atomic E-state index is 13.4. The van der Waals surface area contributed by atoms with Gasteiger partial charge in [0, 0.05) is 5.56 Å². The van der Waals surface area contributed by atoms with E-state index in [1.807, 2.05) is 12.1 Å². The van der Waals surface area contributed by atoms with E-state index in [-0.39, 0.29) is 11.0 Å². The van der Waals surface area contributed by atoms with Crippen LogP contribution in [0, 0.1) is 11.3 Å². The minimum absolute atomic E-state index is 0.184. The number of hydrogen-bond donors (Lipinski definition) is 0. The Bertz CT molecular complexity index is 1700. The van der Waals surface area contributed by atoms with Crippen molar-refractivity contribution in [3.05, 3.63) is 99.9 Å². The van der Waals surface area contributed by atoms with E-state index in [9.17, 15) is 9.59 Å². The Balaban J connectivity index is 1.59. The SMILES string of the molecule is COc1ccc2nc(N(/N=C/c3coc4ccccc4c3=O)C(=O)c3ccc(C#N)cc3)sc2c1. The summed E-state index contributed by atoms with van der Waals surface area (Å²) in [4.78, 5) is 30.9. The highest BCUT2D eigenvalue weighted by Crippen LogP contribution is 2.32. The minimum Gasteiger partial charge on any atom is -0.497 e. The molecular weight excluding hydrogens is 464 g/mol. The predicted octanol–water partition coefficient (Wildman–Crippen LogP) is 4.96. The highest BCUT2D eigenvalue weighted by molar-refractivity contribution is 7.22. The number of carbonyl (C=O) groups is 1. The molecule has 0 radical (unpaired) electrons. The first kappa shape index (κ1) is 22.0. The molecule has 9 heteroatoms. The third-order valence-corrected chi connectivity index (χ3v) is 6.23. The number of carbonyl (C=O) groups excluding carboxylic acids is 1. The number of hydrogen-bond acceptors (Lipinski definition) is 8. The van der Waals surface area contributed by atoms with Crippen LogP contribution in [-0.2, 0) is 0 Å². The Kier molecular flexibility index (Phi) is 5.79. The van der Waals surface area contributed by atoms with Crippen LogP contribution in [0.1, 0.15) is 21.5 Å². The summed E-state index contributed by atoms with van der Waals surface area (Å²) in [6.45, 7) is 0. The van der Waals surface area contributed by atoms with Gasteiger partial charge in [-0.1, -0.05) is 23.5 Å². The number of para-hydroxylation sites is 1. The van der Waals surface area contributed by atoms with Crippen LogP contribution < -0.4 is 15.2 Å². The molecule has 0 saturated heterocycles. The number of aromatic nitrogens is 1. The van der Waals surface area contributed by atoms with E-state index >= 15 is 0 Å². The van der Waals surface area contributed by atoms with Crippen LogP contribution in [0.25, 0.3) is 21.2 Å². The van der Waals surface area contributed by atoms with Crippen molar-refractivity contribution in [1.82, 2.24) is 4.98 Å². The normalized spacial score (nSPS) is 11.1. The summed E-state index contributed by atoms with van der Waals surface area (Å²) in [5, 5.41) is 15.3. The van der Waals surface area contributed by atoms with Crippen LogP contribution in [0.3, 0.4) is 0 Å². The maximum absolute atomic E-state index is 13.4. The van der Waals surface area contributed by atoms with Gasteiger partial charge in [-0.05, 0) is 54.6 Å². The monoisotopic (exact) mass is 480 g/mol. The molecule has 0 spiro atoms. The topological polar surface area (TPSA) is 109 Å². The van der Waals surface area contributed by atoms with Gasteiger partial charge in [0.1, 0.15) is 17.6 Å². The molecule has 0 aliphatic rings. The Labute approximate surface area is 202 Å². The van der Waals surface area contributed by atoms with Gasteiger partial charge in [-0.15, -0.1) is 0 Å². The van der Waals surface area contributed by atoms with Gasteiger partial charge in [0.25, 0.3) is 5.91 Å². The van der Waals surface area contributed by atoms with Crippen LogP contribution >= 0.6 is 11.3 Å². The lowest BCUT2D eigenvalue weighted by Crippen LogP contribution is -2.26. The van der Waals surface area contributed by atoms with Crippen molar-refractivity contribution in [1.29, 1.82) is 5.26 Å². The number of nitriles is 1. The van der Waals surface area contributed by atoms with Crippen molar-refractivity contribution in [3.63, 3.8) is 0 Å². The number of methoxy groups -OCH3 is 1. The Morgan fingerprint density at radius 3 is 2.74 bits per heavy atom. The van der Waals surface area contributed by atoms with Gasteiger partial charge in [-0.2, -0.15) is 15.4 Å². The molecule has 3 aromatic carbocycles. The average molecular weight is 481 g/mol. The van der Waals surface area contributed by atoms with E-state index in [0.29, 0.717) is 38.5 Å². The van der Waals surface area contributed by atoms with Crippen molar-refractivity contribution in [2.75, 3.05) is 12.1 Å². The molecule has 35 heavy (non-hydrogen) atoms. The second-order valence-electron chi connectivity index (χ2n) is 7.40. The molecule has 0 aliphatic heterocycles. The summed E-state index contributed by atoms with van der Waals surface area (Å²) in [5.74, 6) is 0.192. The zero-order valence-corrected chi connectivity index (χ0v) is 19.2. The van der Waals surface area contributed by atoms with Crippen LogP contribution in [0.2, 0.25) is 0 Å². The third kappa shape index (κ3) is 4.26. The lowest BCUT2D eigenvalue weighted by atomic mass is 10.1. The van der Waals surface area contributed by atoms with Crippen LogP contribution in [0.5, 0.6) is 5.75 Å². The van der Waals surface area contributed by atoms with Gasteiger partial charge in [-0.25, -0.2) is 4.98 Å². The molecule has 0 saturated carbocycles. The summed E-state index contributed by atoms with van der Waals surface area (Å²) < 4.78 is 11.6. The number of hydrazone groups is 1. The summed E-state index contributed by atoms with van der Waals surface area (Å²) in [6, 6.07) is 20.5. The molecular formula is C26H16N4O4S. The van der Waals surface area contributed by atoms with Gasteiger partial charge in [0.15, 0.2) is 0 Å². The fourth-order valence-electron chi connectivity index (χ4n) is 3.41. The predicted molar refractivity (Wildman–Crippen MR) is 134 cm³/mol. The molecule has 5 rings (SSSR count). The lowest BCUT2D eigenvalue weighted by molar-refractivity contribution is 0.0988. The van der Waals surface area contributed by atoms with Crippen LogP contribution in [-0.4, -0.2) is 24.2 Å². The molecule has 2 heterocycles. The number of ether oxygens (including phenoxy) is 1. The van der Waals surface area contributed by atoms with E-state index in [1.165, 1.54) is 23.8 Å². The van der Waals surface area contributed by atoms with Crippen molar-refractivity contribution in [3.8, 4) is 11.8 Å². The maximum Gasteiger partial charge on any atom is 0.280 e. The number of benzene rings is 3. The highest BCUT2D eigenvalue weighted by Gasteiger charge is 2.21. The number of fused-ring (bicyclic) bond motifs is 2. The number of nitrogens with zero attached hydrogens (tertiary/aromatic N) is 4. The van der Waals surface area contributed by atoms with Crippen molar-refractivity contribution in [2.24, 2.45) is 5.10 Å². The molecule has 1 amide bonds. The third-order valence-electron chi connectivity index (χ3n) is 5.24. The standard InChI is InChI=1S/C26H16N4O4S/c1-33-19-10-11-21-23(12-19)35-26(29-21)30(25(32)17-8-6-16(13-27)7-9-17)28-14-18-15-34-22-5-3-2-4-20(22)24(18)31/h2-12,14-15H,1H3/b28-14+. The quantitative estimate of drug-likeness (QED) is 0.260.